The predicted molar refractivity (Wildman–Crippen MR) is 69.5 cm³/mol. The average Bonchev–Trinajstić information content (AvgIpc) is 2.35. The van der Waals surface area contributed by atoms with Gasteiger partial charge in [-0.05, 0) is 12.3 Å². The van der Waals surface area contributed by atoms with Gasteiger partial charge >= 0.3 is 5.97 Å². The van der Waals surface area contributed by atoms with Crippen molar-refractivity contribution >= 4 is 5.97 Å². The summed E-state index contributed by atoms with van der Waals surface area (Å²) >= 11 is 0. The minimum atomic E-state index is -0.873. The standard InChI is InChI=1S/C15H17NO2/c1-11(2)9-12(3)15(17)18-14(10-16)13-7-5-4-6-8-13/h4-8,11,14H,3,9H2,1-2H3. The van der Waals surface area contributed by atoms with Crippen molar-refractivity contribution in [2.24, 2.45) is 5.92 Å². The van der Waals surface area contributed by atoms with Gasteiger partial charge in [0.1, 0.15) is 6.07 Å². The van der Waals surface area contributed by atoms with E-state index in [4.69, 9.17) is 10.00 Å². The highest BCUT2D eigenvalue weighted by atomic mass is 16.5. The van der Waals surface area contributed by atoms with Gasteiger partial charge in [0.05, 0.1) is 0 Å². The maximum atomic E-state index is 11.7. The van der Waals surface area contributed by atoms with Crippen molar-refractivity contribution in [1.82, 2.24) is 0 Å². The number of hydrogen-bond donors (Lipinski definition) is 0. The number of hydrogen-bond acceptors (Lipinski definition) is 3. The van der Waals surface area contributed by atoms with Crippen LogP contribution in [-0.2, 0) is 9.53 Å². The predicted octanol–water partition coefficient (Wildman–Crippen LogP) is 3.40. The Balaban J connectivity index is 2.68. The molecule has 18 heavy (non-hydrogen) atoms. The Hall–Kier alpha value is -2.08. The van der Waals surface area contributed by atoms with Gasteiger partial charge in [0, 0.05) is 11.1 Å². The smallest absolute Gasteiger partial charge is 0.335 e. The van der Waals surface area contributed by atoms with Crippen LogP contribution in [0.2, 0.25) is 0 Å². The molecule has 0 aliphatic heterocycles. The van der Waals surface area contributed by atoms with E-state index in [9.17, 15) is 4.79 Å². The van der Waals surface area contributed by atoms with Gasteiger partial charge in [0.2, 0.25) is 6.10 Å². The van der Waals surface area contributed by atoms with Crippen LogP contribution >= 0.6 is 0 Å². The summed E-state index contributed by atoms with van der Waals surface area (Å²) in [6.45, 7) is 7.69. The van der Waals surface area contributed by atoms with Crippen molar-refractivity contribution in [1.29, 1.82) is 5.26 Å². The maximum Gasteiger partial charge on any atom is 0.335 e. The quantitative estimate of drug-likeness (QED) is 0.588. The molecule has 0 saturated heterocycles. The fourth-order valence-electron chi connectivity index (χ4n) is 1.56. The molecule has 1 aromatic rings. The first-order valence-electron chi connectivity index (χ1n) is 5.88. The molecule has 1 rings (SSSR count). The molecule has 0 aliphatic carbocycles. The van der Waals surface area contributed by atoms with E-state index < -0.39 is 12.1 Å². The van der Waals surface area contributed by atoms with Crippen LogP contribution in [0.3, 0.4) is 0 Å². The normalized spacial score (nSPS) is 11.7. The van der Waals surface area contributed by atoms with E-state index in [2.05, 4.69) is 6.58 Å². The van der Waals surface area contributed by atoms with Gasteiger partial charge < -0.3 is 4.74 Å². The fourth-order valence-corrected chi connectivity index (χ4v) is 1.56. The van der Waals surface area contributed by atoms with E-state index in [0.717, 1.165) is 0 Å². The van der Waals surface area contributed by atoms with Gasteiger partial charge in [0.15, 0.2) is 0 Å². The summed E-state index contributed by atoms with van der Waals surface area (Å²) in [5.41, 5.74) is 1.08. The van der Waals surface area contributed by atoms with E-state index in [0.29, 0.717) is 23.5 Å². The second-order valence-corrected chi connectivity index (χ2v) is 4.53. The van der Waals surface area contributed by atoms with Crippen LogP contribution in [0, 0.1) is 17.2 Å². The average molecular weight is 243 g/mol. The Morgan fingerprint density at radius 3 is 2.50 bits per heavy atom. The van der Waals surface area contributed by atoms with Crippen molar-refractivity contribution in [3.8, 4) is 6.07 Å². The summed E-state index contributed by atoms with van der Waals surface area (Å²) in [5, 5.41) is 9.04. The zero-order valence-electron chi connectivity index (χ0n) is 10.7. The van der Waals surface area contributed by atoms with Crippen LogP contribution in [0.5, 0.6) is 0 Å². The third-order valence-corrected chi connectivity index (χ3v) is 2.39. The lowest BCUT2D eigenvalue weighted by Gasteiger charge is -2.13. The first kappa shape index (κ1) is 14.0. The van der Waals surface area contributed by atoms with E-state index in [1.54, 1.807) is 24.3 Å². The summed E-state index contributed by atoms with van der Waals surface area (Å²) in [5.74, 6) is -0.165. The Morgan fingerprint density at radius 1 is 1.39 bits per heavy atom. The highest BCUT2D eigenvalue weighted by molar-refractivity contribution is 5.88. The molecule has 0 radical (unpaired) electrons. The molecule has 1 aromatic carbocycles. The van der Waals surface area contributed by atoms with Gasteiger partial charge in [-0.3, -0.25) is 0 Å². The van der Waals surface area contributed by atoms with E-state index in [1.165, 1.54) is 0 Å². The van der Waals surface area contributed by atoms with Crippen molar-refractivity contribution in [3.63, 3.8) is 0 Å². The zero-order chi connectivity index (χ0) is 13.5. The van der Waals surface area contributed by atoms with Crippen molar-refractivity contribution in [3.05, 3.63) is 48.0 Å². The number of nitriles is 1. The monoisotopic (exact) mass is 243 g/mol. The van der Waals surface area contributed by atoms with Crippen LogP contribution in [-0.4, -0.2) is 5.97 Å². The van der Waals surface area contributed by atoms with Crippen molar-refractivity contribution in [2.75, 3.05) is 0 Å². The Bertz CT molecular complexity index is 457. The largest absolute Gasteiger partial charge is 0.439 e. The highest BCUT2D eigenvalue weighted by Crippen LogP contribution is 2.19. The molecule has 0 aliphatic rings. The molecule has 0 aromatic heterocycles. The first-order valence-corrected chi connectivity index (χ1v) is 5.88. The lowest BCUT2D eigenvalue weighted by molar-refractivity contribution is -0.142. The molecular weight excluding hydrogens is 226 g/mol. The van der Waals surface area contributed by atoms with Crippen LogP contribution in [0.15, 0.2) is 42.5 Å². The molecule has 94 valence electrons. The number of benzene rings is 1. The zero-order valence-corrected chi connectivity index (χ0v) is 10.7. The van der Waals surface area contributed by atoms with Crippen LogP contribution in [0.4, 0.5) is 0 Å². The van der Waals surface area contributed by atoms with Crippen LogP contribution in [0.1, 0.15) is 31.9 Å². The molecule has 0 heterocycles. The molecule has 0 N–H and O–H groups in total. The molecule has 3 heteroatoms. The van der Waals surface area contributed by atoms with Gasteiger partial charge in [0.25, 0.3) is 0 Å². The third-order valence-electron chi connectivity index (χ3n) is 2.39. The van der Waals surface area contributed by atoms with Crippen LogP contribution in [0.25, 0.3) is 0 Å². The Labute approximate surface area is 108 Å². The maximum absolute atomic E-state index is 11.7. The van der Waals surface area contributed by atoms with E-state index >= 15 is 0 Å². The molecule has 3 nitrogen and oxygen atoms in total. The second-order valence-electron chi connectivity index (χ2n) is 4.53. The SMILES string of the molecule is C=C(CC(C)C)C(=O)OC(C#N)c1ccccc1. The number of nitrogens with zero attached hydrogens (tertiary/aromatic N) is 1. The minimum absolute atomic E-state index is 0.335. The number of ether oxygens (including phenoxy) is 1. The lowest BCUT2D eigenvalue weighted by atomic mass is 10.0. The second kappa shape index (κ2) is 6.61. The summed E-state index contributed by atoms with van der Waals surface area (Å²) in [6, 6.07) is 10.9. The van der Waals surface area contributed by atoms with Crippen molar-refractivity contribution < 1.29 is 9.53 Å². The molecule has 0 fully saturated rings. The third kappa shape index (κ3) is 4.06. The molecule has 1 atom stereocenters. The molecule has 0 spiro atoms. The highest BCUT2D eigenvalue weighted by Gasteiger charge is 2.18. The molecule has 0 amide bonds. The minimum Gasteiger partial charge on any atom is -0.439 e. The number of rotatable bonds is 5. The summed E-state index contributed by atoms with van der Waals surface area (Å²) < 4.78 is 5.15. The van der Waals surface area contributed by atoms with Gasteiger partial charge in [-0.1, -0.05) is 50.8 Å². The van der Waals surface area contributed by atoms with Crippen LogP contribution < -0.4 is 0 Å². The molecule has 1 unspecified atom stereocenters. The van der Waals surface area contributed by atoms with Gasteiger partial charge in [-0.25, -0.2) is 4.79 Å². The number of carbonyl (C=O) groups excluding carboxylic acids is 1. The molecule has 0 saturated carbocycles. The summed E-state index contributed by atoms with van der Waals surface area (Å²) in [4.78, 5) is 11.7. The van der Waals surface area contributed by atoms with E-state index in [1.807, 2.05) is 26.0 Å². The molecular formula is C15H17NO2. The topological polar surface area (TPSA) is 50.1 Å². The Kier molecular flexibility index (Phi) is 5.13. The summed E-state index contributed by atoms with van der Waals surface area (Å²) in [7, 11) is 0. The number of carbonyl (C=O) groups is 1. The van der Waals surface area contributed by atoms with E-state index in [-0.39, 0.29) is 0 Å². The van der Waals surface area contributed by atoms with Gasteiger partial charge in [-0.2, -0.15) is 5.26 Å². The lowest BCUT2D eigenvalue weighted by Crippen LogP contribution is -2.13. The fraction of sp³-hybridized carbons (Fsp3) is 0.333. The molecule has 0 bridgehead atoms. The Morgan fingerprint density at radius 2 is 2.00 bits per heavy atom. The van der Waals surface area contributed by atoms with Crippen molar-refractivity contribution in [2.45, 2.75) is 26.4 Å². The van der Waals surface area contributed by atoms with Gasteiger partial charge in [-0.15, -0.1) is 0 Å². The summed E-state index contributed by atoms with van der Waals surface area (Å²) in [6.07, 6.45) is -0.297. The number of esters is 1. The first-order chi connectivity index (χ1) is 8.54.